The topological polar surface area (TPSA) is 93.0 Å². The molecular weight excluding hydrogens is 296 g/mol. The van der Waals surface area contributed by atoms with E-state index in [4.69, 9.17) is 0 Å². The van der Waals surface area contributed by atoms with Crippen molar-refractivity contribution in [2.45, 2.75) is 25.7 Å². The summed E-state index contributed by atoms with van der Waals surface area (Å²) in [6.45, 7) is 1.47. The van der Waals surface area contributed by atoms with Crippen LogP contribution in [0.15, 0.2) is 29.5 Å². The summed E-state index contributed by atoms with van der Waals surface area (Å²) in [5.41, 5.74) is 1.03. The van der Waals surface area contributed by atoms with Crippen molar-refractivity contribution in [2.24, 2.45) is 0 Å². The number of phenolic OH excluding ortho intramolecular Hbond substituents is 2. The van der Waals surface area contributed by atoms with E-state index in [2.05, 4.69) is 5.32 Å². The Morgan fingerprint density at radius 1 is 1.26 bits per heavy atom. The molecule has 1 aliphatic carbocycles. The highest BCUT2D eigenvalue weighted by Crippen LogP contribution is 2.32. The maximum absolute atomic E-state index is 12.7. The maximum Gasteiger partial charge on any atom is 0.258 e. The Kier molecular flexibility index (Phi) is 5.87. The molecule has 0 radical (unpaired) electrons. The van der Waals surface area contributed by atoms with E-state index in [0.29, 0.717) is 6.54 Å². The second-order valence-corrected chi connectivity index (χ2v) is 5.76. The molecule has 23 heavy (non-hydrogen) atoms. The van der Waals surface area contributed by atoms with E-state index in [1.807, 2.05) is 7.05 Å². The largest absolute Gasteiger partial charge is 0.510 e. The average Bonchev–Trinajstić information content (AvgIpc) is 3.37. The number of carbonyl (C=O) groups is 1. The molecule has 6 nitrogen and oxygen atoms in total. The van der Waals surface area contributed by atoms with Gasteiger partial charge in [0.25, 0.3) is 5.91 Å². The fraction of sp³-hybridized carbons (Fsp3) is 0.471. The van der Waals surface area contributed by atoms with Gasteiger partial charge in [-0.1, -0.05) is 6.07 Å². The van der Waals surface area contributed by atoms with Crippen LogP contribution >= 0.6 is 0 Å². The predicted octanol–water partition coefficient (Wildman–Crippen LogP) is 2.15. The second-order valence-electron chi connectivity index (χ2n) is 5.76. The fourth-order valence-corrected chi connectivity index (χ4v) is 2.37. The van der Waals surface area contributed by atoms with Crippen LogP contribution in [0.5, 0.6) is 11.5 Å². The van der Waals surface area contributed by atoms with Crippen molar-refractivity contribution in [1.82, 2.24) is 10.2 Å². The standard InChI is InChI=1S/C17H24N2O4/c1-18-9-2-3-10-19(11-15(21)12-7-8-12)17(23)13-5-4-6-14(20)16(13)22/h4-6,18,20-22H,2-3,7-11H2,1H3. The van der Waals surface area contributed by atoms with Gasteiger partial charge in [-0.25, -0.2) is 0 Å². The van der Waals surface area contributed by atoms with Crippen LogP contribution in [0.3, 0.4) is 0 Å². The van der Waals surface area contributed by atoms with Crippen LogP contribution in [0.4, 0.5) is 0 Å². The molecule has 0 unspecified atom stereocenters. The molecule has 1 aromatic rings. The minimum absolute atomic E-state index is 0.0483. The summed E-state index contributed by atoms with van der Waals surface area (Å²) in [7, 11) is 1.87. The van der Waals surface area contributed by atoms with E-state index in [1.165, 1.54) is 23.1 Å². The van der Waals surface area contributed by atoms with E-state index in [1.54, 1.807) is 0 Å². The molecule has 1 aliphatic rings. The first-order valence-corrected chi connectivity index (χ1v) is 7.89. The number of carbonyl (C=O) groups excluding carboxylic acids is 1. The van der Waals surface area contributed by atoms with Crippen LogP contribution < -0.4 is 5.32 Å². The van der Waals surface area contributed by atoms with Gasteiger partial charge >= 0.3 is 0 Å². The lowest BCUT2D eigenvalue weighted by molar-refractivity contribution is 0.0745. The normalized spacial score (nSPS) is 13.0. The molecule has 0 aromatic heterocycles. The Balaban J connectivity index is 2.12. The van der Waals surface area contributed by atoms with Crippen molar-refractivity contribution in [3.63, 3.8) is 0 Å². The lowest BCUT2D eigenvalue weighted by atomic mass is 10.1. The van der Waals surface area contributed by atoms with Crippen LogP contribution in [0, 0.1) is 0 Å². The molecule has 0 heterocycles. The fourth-order valence-electron chi connectivity index (χ4n) is 2.37. The summed E-state index contributed by atoms with van der Waals surface area (Å²) in [6, 6.07) is 4.31. The summed E-state index contributed by atoms with van der Waals surface area (Å²) >= 11 is 0. The number of aliphatic hydroxyl groups is 1. The van der Waals surface area contributed by atoms with Gasteiger partial charge in [0.1, 0.15) is 5.76 Å². The number of nitrogens with zero attached hydrogens (tertiary/aromatic N) is 1. The molecule has 0 saturated heterocycles. The highest BCUT2D eigenvalue weighted by atomic mass is 16.3. The van der Waals surface area contributed by atoms with Crippen molar-refractivity contribution in [3.05, 3.63) is 35.1 Å². The first-order chi connectivity index (χ1) is 11.0. The van der Waals surface area contributed by atoms with Crippen molar-refractivity contribution in [1.29, 1.82) is 0 Å². The average molecular weight is 320 g/mol. The molecular formula is C17H24N2O4. The number of hydrogen-bond donors (Lipinski definition) is 4. The second kappa shape index (κ2) is 7.87. The van der Waals surface area contributed by atoms with Gasteiger partial charge in [-0.15, -0.1) is 0 Å². The van der Waals surface area contributed by atoms with Crippen molar-refractivity contribution in [2.75, 3.05) is 26.7 Å². The van der Waals surface area contributed by atoms with Crippen LogP contribution in [0.25, 0.3) is 0 Å². The van der Waals surface area contributed by atoms with Crippen LogP contribution in [-0.4, -0.2) is 52.8 Å². The SMILES string of the molecule is CNCCCCN(CC(O)=C1CC1)C(=O)c1cccc(O)c1O. The van der Waals surface area contributed by atoms with Crippen LogP contribution in [-0.2, 0) is 0 Å². The maximum atomic E-state index is 12.7. The van der Waals surface area contributed by atoms with E-state index in [-0.39, 0.29) is 23.6 Å². The Morgan fingerprint density at radius 3 is 2.65 bits per heavy atom. The summed E-state index contributed by atoms with van der Waals surface area (Å²) in [4.78, 5) is 14.2. The number of benzene rings is 1. The van der Waals surface area contributed by atoms with Gasteiger partial charge in [0.2, 0.25) is 0 Å². The highest BCUT2D eigenvalue weighted by Gasteiger charge is 2.24. The minimum atomic E-state index is -0.420. The van der Waals surface area contributed by atoms with Gasteiger partial charge in [0.15, 0.2) is 11.5 Å². The van der Waals surface area contributed by atoms with Gasteiger partial charge < -0.3 is 25.5 Å². The quantitative estimate of drug-likeness (QED) is 0.334. The molecule has 1 saturated carbocycles. The zero-order valence-electron chi connectivity index (χ0n) is 13.4. The summed E-state index contributed by atoms with van der Waals surface area (Å²) in [6.07, 6.45) is 3.45. The zero-order valence-corrected chi connectivity index (χ0v) is 13.4. The number of aliphatic hydroxyl groups excluding tert-OH is 1. The molecule has 6 heteroatoms. The van der Waals surface area contributed by atoms with Gasteiger partial charge in [0.05, 0.1) is 12.1 Å². The van der Waals surface area contributed by atoms with Crippen molar-refractivity contribution in [3.8, 4) is 11.5 Å². The van der Waals surface area contributed by atoms with Crippen LogP contribution in [0.1, 0.15) is 36.0 Å². The molecule has 1 amide bonds. The van der Waals surface area contributed by atoms with E-state index < -0.39 is 11.7 Å². The highest BCUT2D eigenvalue weighted by molar-refractivity contribution is 5.97. The summed E-state index contributed by atoms with van der Waals surface area (Å²) < 4.78 is 0. The number of amides is 1. The Hall–Kier alpha value is -2.21. The van der Waals surface area contributed by atoms with Gasteiger partial charge in [-0.3, -0.25) is 4.79 Å². The summed E-state index contributed by atoms with van der Waals surface area (Å²) in [5.74, 6) is -0.894. The number of hydrogen-bond acceptors (Lipinski definition) is 5. The molecule has 0 atom stereocenters. The summed E-state index contributed by atoms with van der Waals surface area (Å²) in [5, 5.41) is 32.6. The number of unbranched alkanes of at least 4 members (excludes halogenated alkanes) is 1. The Labute approximate surface area is 136 Å². The van der Waals surface area contributed by atoms with E-state index in [0.717, 1.165) is 37.8 Å². The number of allylic oxidation sites excluding steroid dienone is 1. The minimum Gasteiger partial charge on any atom is -0.510 e. The van der Waals surface area contributed by atoms with Gasteiger partial charge in [-0.2, -0.15) is 0 Å². The molecule has 1 fully saturated rings. The molecule has 4 N–H and O–H groups in total. The molecule has 0 bridgehead atoms. The number of nitrogens with one attached hydrogen (secondary N) is 1. The number of para-hydroxylation sites is 1. The first-order valence-electron chi connectivity index (χ1n) is 7.89. The van der Waals surface area contributed by atoms with Gasteiger partial charge in [0, 0.05) is 6.54 Å². The van der Waals surface area contributed by atoms with Crippen molar-refractivity contribution >= 4 is 5.91 Å². The molecule has 126 valence electrons. The third kappa shape index (κ3) is 4.63. The van der Waals surface area contributed by atoms with E-state index in [9.17, 15) is 20.1 Å². The van der Waals surface area contributed by atoms with Crippen LogP contribution in [0.2, 0.25) is 0 Å². The Morgan fingerprint density at radius 2 is 2.00 bits per heavy atom. The number of aromatic hydroxyl groups is 2. The molecule has 0 spiro atoms. The van der Waals surface area contributed by atoms with Crippen molar-refractivity contribution < 1.29 is 20.1 Å². The monoisotopic (exact) mass is 320 g/mol. The predicted molar refractivity (Wildman–Crippen MR) is 87.7 cm³/mol. The smallest absolute Gasteiger partial charge is 0.258 e. The number of phenols is 2. The first kappa shape index (κ1) is 17.1. The Bertz CT molecular complexity index is 592. The van der Waals surface area contributed by atoms with E-state index >= 15 is 0 Å². The molecule has 2 rings (SSSR count). The lowest BCUT2D eigenvalue weighted by Gasteiger charge is -2.23. The lowest BCUT2D eigenvalue weighted by Crippen LogP contribution is -2.34. The zero-order chi connectivity index (χ0) is 16.8. The molecule has 1 aromatic carbocycles. The number of rotatable bonds is 8. The molecule has 0 aliphatic heterocycles. The third-order valence-electron chi connectivity index (χ3n) is 3.89. The third-order valence-corrected chi connectivity index (χ3v) is 3.89. The van der Waals surface area contributed by atoms with Gasteiger partial charge in [-0.05, 0) is 57.0 Å².